The number of urea groups is 1. The topological polar surface area (TPSA) is 87.5 Å². The number of carbonyl (C=O) groups is 2. The van der Waals surface area contributed by atoms with Gasteiger partial charge in [-0.2, -0.15) is 0 Å². The zero-order chi connectivity index (χ0) is 17.3. The summed E-state index contributed by atoms with van der Waals surface area (Å²) in [4.78, 5) is 25.7. The van der Waals surface area contributed by atoms with Gasteiger partial charge < -0.3 is 21.3 Å². The Kier molecular flexibility index (Phi) is 6.30. The van der Waals surface area contributed by atoms with Crippen molar-refractivity contribution in [3.63, 3.8) is 0 Å². The summed E-state index contributed by atoms with van der Waals surface area (Å²) in [6.07, 6.45) is 3.40. The third-order valence-corrected chi connectivity index (χ3v) is 5.33. The van der Waals surface area contributed by atoms with Crippen molar-refractivity contribution in [2.45, 2.75) is 31.8 Å². The van der Waals surface area contributed by atoms with Crippen LogP contribution >= 0.6 is 12.4 Å². The molecule has 0 spiro atoms. The number of benzene rings is 1. The summed E-state index contributed by atoms with van der Waals surface area (Å²) in [5.74, 6) is 1.00. The molecule has 2 aliphatic carbocycles. The second-order valence-electron chi connectivity index (χ2n) is 7.18. The van der Waals surface area contributed by atoms with Crippen LogP contribution in [0.3, 0.4) is 0 Å². The molecule has 4 N–H and O–H groups in total. The van der Waals surface area contributed by atoms with Crippen molar-refractivity contribution in [3.8, 4) is 0 Å². The first kappa shape index (κ1) is 19.5. The van der Waals surface area contributed by atoms with E-state index >= 15 is 0 Å². The van der Waals surface area contributed by atoms with E-state index in [-0.39, 0.29) is 36.3 Å². The molecular weight excluding hydrogens is 340 g/mol. The number of amides is 3. The number of halogens is 1. The number of hydrogen-bond acceptors (Lipinski definition) is 3. The van der Waals surface area contributed by atoms with Crippen LogP contribution in [0.4, 0.5) is 10.5 Å². The number of nitrogens with zero attached hydrogens (tertiary/aromatic N) is 1. The van der Waals surface area contributed by atoms with Crippen molar-refractivity contribution in [3.05, 3.63) is 29.8 Å². The quantitative estimate of drug-likeness (QED) is 0.763. The van der Waals surface area contributed by atoms with Crippen LogP contribution < -0.4 is 16.4 Å². The van der Waals surface area contributed by atoms with E-state index in [2.05, 4.69) is 10.6 Å². The SMILES string of the molecule is CN(C)C(=O)Nc1cccc(CNC(=O)C2C3CCC(C3)C2N)c1.Cl. The average molecular weight is 367 g/mol. The summed E-state index contributed by atoms with van der Waals surface area (Å²) in [7, 11) is 3.38. The van der Waals surface area contributed by atoms with Gasteiger partial charge in [0.1, 0.15) is 0 Å². The van der Waals surface area contributed by atoms with Gasteiger partial charge in [0, 0.05) is 32.4 Å². The summed E-state index contributed by atoms with van der Waals surface area (Å²) in [6, 6.07) is 7.35. The first-order valence-corrected chi connectivity index (χ1v) is 8.56. The van der Waals surface area contributed by atoms with Gasteiger partial charge in [-0.1, -0.05) is 12.1 Å². The Bertz CT molecular complexity index is 635. The number of carbonyl (C=O) groups excluding carboxylic acids is 2. The highest BCUT2D eigenvalue weighted by Gasteiger charge is 2.48. The van der Waals surface area contributed by atoms with Crippen molar-refractivity contribution in [2.24, 2.45) is 23.5 Å². The number of hydrogen-bond donors (Lipinski definition) is 3. The fourth-order valence-corrected chi connectivity index (χ4v) is 4.03. The minimum absolute atomic E-state index is 0. The van der Waals surface area contributed by atoms with Crippen LogP contribution in [0.15, 0.2) is 24.3 Å². The minimum Gasteiger partial charge on any atom is -0.352 e. The molecule has 2 fully saturated rings. The van der Waals surface area contributed by atoms with Crippen molar-refractivity contribution in [1.82, 2.24) is 10.2 Å². The molecule has 138 valence electrons. The summed E-state index contributed by atoms with van der Waals surface area (Å²) in [6.45, 7) is 0.450. The second-order valence-corrected chi connectivity index (χ2v) is 7.18. The predicted molar refractivity (Wildman–Crippen MR) is 101 cm³/mol. The van der Waals surface area contributed by atoms with Crippen molar-refractivity contribution < 1.29 is 9.59 Å². The molecule has 7 heteroatoms. The Morgan fingerprint density at radius 3 is 2.60 bits per heavy atom. The fourth-order valence-electron chi connectivity index (χ4n) is 4.03. The third-order valence-electron chi connectivity index (χ3n) is 5.33. The molecule has 0 aromatic heterocycles. The van der Waals surface area contributed by atoms with E-state index < -0.39 is 0 Å². The molecule has 1 aromatic rings. The smallest absolute Gasteiger partial charge is 0.321 e. The lowest BCUT2D eigenvalue weighted by Gasteiger charge is -2.27. The Balaban J connectivity index is 0.00000225. The monoisotopic (exact) mass is 366 g/mol. The highest BCUT2D eigenvalue weighted by molar-refractivity contribution is 5.89. The van der Waals surface area contributed by atoms with Crippen molar-refractivity contribution >= 4 is 30.0 Å². The fraction of sp³-hybridized carbons (Fsp3) is 0.556. The van der Waals surface area contributed by atoms with Crippen molar-refractivity contribution in [1.29, 1.82) is 0 Å². The van der Waals surface area contributed by atoms with E-state index in [9.17, 15) is 9.59 Å². The summed E-state index contributed by atoms with van der Waals surface area (Å²) in [5, 5.41) is 5.83. The highest BCUT2D eigenvalue weighted by Crippen LogP contribution is 2.47. The molecule has 6 nitrogen and oxygen atoms in total. The Morgan fingerprint density at radius 1 is 1.24 bits per heavy atom. The highest BCUT2D eigenvalue weighted by atomic mass is 35.5. The Hall–Kier alpha value is -1.79. The first-order valence-electron chi connectivity index (χ1n) is 8.56. The van der Waals surface area contributed by atoms with Gasteiger partial charge in [-0.25, -0.2) is 4.79 Å². The van der Waals surface area contributed by atoms with Crippen LogP contribution in [0, 0.1) is 17.8 Å². The molecule has 4 unspecified atom stereocenters. The van der Waals surface area contributed by atoms with Gasteiger partial charge in [-0.15, -0.1) is 12.4 Å². The number of anilines is 1. The molecule has 3 rings (SSSR count). The molecule has 2 aliphatic rings. The summed E-state index contributed by atoms with van der Waals surface area (Å²) >= 11 is 0. The number of nitrogens with two attached hydrogens (primary N) is 1. The number of nitrogens with one attached hydrogen (secondary N) is 2. The molecule has 3 amide bonds. The summed E-state index contributed by atoms with van der Waals surface area (Å²) < 4.78 is 0. The summed E-state index contributed by atoms with van der Waals surface area (Å²) in [5.41, 5.74) is 7.90. The van der Waals surface area contributed by atoms with Gasteiger partial charge in [-0.05, 0) is 48.8 Å². The molecular formula is C18H27ClN4O2. The van der Waals surface area contributed by atoms with Gasteiger partial charge >= 0.3 is 6.03 Å². The minimum atomic E-state index is -0.177. The van der Waals surface area contributed by atoms with Crippen LogP contribution in [0.1, 0.15) is 24.8 Å². The van der Waals surface area contributed by atoms with E-state index in [0.29, 0.717) is 18.4 Å². The number of rotatable bonds is 4. The lowest BCUT2D eigenvalue weighted by molar-refractivity contribution is -0.127. The van der Waals surface area contributed by atoms with Gasteiger partial charge in [0.15, 0.2) is 0 Å². The molecule has 0 saturated heterocycles. The third kappa shape index (κ3) is 4.25. The van der Waals surface area contributed by atoms with Crippen LogP contribution in [0.25, 0.3) is 0 Å². The second kappa shape index (κ2) is 8.06. The predicted octanol–water partition coefficient (Wildman–Crippen LogP) is 2.19. The van der Waals surface area contributed by atoms with E-state index in [1.807, 2.05) is 24.3 Å². The molecule has 25 heavy (non-hydrogen) atoms. The number of fused-ring (bicyclic) bond motifs is 2. The van der Waals surface area contributed by atoms with E-state index in [0.717, 1.165) is 24.1 Å². The maximum Gasteiger partial charge on any atom is 0.321 e. The normalized spacial score (nSPS) is 26.7. The van der Waals surface area contributed by atoms with Crippen LogP contribution in [0.5, 0.6) is 0 Å². The largest absolute Gasteiger partial charge is 0.352 e. The molecule has 0 aliphatic heterocycles. The van der Waals surface area contributed by atoms with Gasteiger partial charge in [-0.3, -0.25) is 4.79 Å². The lowest BCUT2D eigenvalue weighted by atomic mass is 9.84. The molecule has 1 aromatic carbocycles. The van der Waals surface area contributed by atoms with E-state index in [1.165, 1.54) is 11.3 Å². The lowest BCUT2D eigenvalue weighted by Crippen LogP contribution is -2.45. The Labute approximate surface area is 154 Å². The molecule has 2 saturated carbocycles. The van der Waals surface area contributed by atoms with E-state index in [4.69, 9.17) is 5.73 Å². The van der Waals surface area contributed by atoms with Crippen LogP contribution in [-0.2, 0) is 11.3 Å². The van der Waals surface area contributed by atoms with Crippen LogP contribution in [0.2, 0.25) is 0 Å². The van der Waals surface area contributed by atoms with Crippen molar-refractivity contribution in [2.75, 3.05) is 19.4 Å². The van der Waals surface area contributed by atoms with E-state index in [1.54, 1.807) is 14.1 Å². The molecule has 0 radical (unpaired) electrons. The maximum atomic E-state index is 12.5. The van der Waals surface area contributed by atoms with Gasteiger partial charge in [0.05, 0.1) is 5.92 Å². The standard InChI is InChI=1S/C18H26N4O2.ClH/c1-22(2)18(24)21-14-5-3-4-11(8-14)10-20-17(23)15-12-6-7-13(9-12)16(15)19;/h3-5,8,12-13,15-16H,6-7,9-10,19H2,1-2H3,(H,20,23)(H,21,24);1H. The zero-order valence-corrected chi connectivity index (χ0v) is 15.5. The van der Waals surface area contributed by atoms with Gasteiger partial charge in [0.25, 0.3) is 0 Å². The van der Waals surface area contributed by atoms with Crippen LogP contribution in [-0.4, -0.2) is 37.0 Å². The molecule has 0 heterocycles. The first-order chi connectivity index (χ1) is 11.5. The average Bonchev–Trinajstić information content (AvgIpc) is 3.14. The maximum absolute atomic E-state index is 12.5. The molecule has 2 bridgehead atoms. The molecule has 4 atom stereocenters. The Morgan fingerprint density at radius 2 is 1.96 bits per heavy atom. The van der Waals surface area contributed by atoms with Gasteiger partial charge in [0.2, 0.25) is 5.91 Å². The zero-order valence-electron chi connectivity index (χ0n) is 14.7.